The SMILES string of the molecule is c1cc(-c2ccccc2N(c2ccc(-c3ccc4c(c3)oc3ccccc34)cc2)c2ccc3c(ccc4ccccc43)c2)cc(-c2cccc3ccccc23)c1. The van der Waals surface area contributed by atoms with Gasteiger partial charge >= 0.3 is 0 Å². The molecule has 0 saturated heterocycles. The van der Waals surface area contributed by atoms with Crippen LogP contribution in [0.4, 0.5) is 17.1 Å². The van der Waals surface area contributed by atoms with E-state index in [1.807, 2.05) is 12.1 Å². The Bertz CT molecular complexity index is 3260. The summed E-state index contributed by atoms with van der Waals surface area (Å²) in [6.07, 6.45) is 0. The molecule has 0 aliphatic carbocycles. The van der Waals surface area contributed by atoms with Crippen molar-refractivity contribution in [1.82, 2.24) is 0 Å². The first-order valence-electron chi connectivity index (χ1n) is 19.2. The van der Waals surface area contributed by atoms with Crippen molar-refractivity contribution in [3.05, 3.63) is 212 Å². The van der Waals surface area contributed by atoms with Gasteiger partial charge in [-0.15, -0.1) is 0 Å². The molecule has 262 valence electrons. The number of nitrogens with zero attached hydrogens (tertiary/aromatic N) is 1. The number of furan rings is 1. The van der Waals surface area contributed by atoms with Crippen LogP contribution >= 0.6 is 0 Å². The van der Waals surface area contributed by atoms with Gasteiger partial charge in [-0.1, -0.05) is 158 Å². The van der Waals surface area contributed by atoms with Crippen LogP contribution in [0, 0.1) is 0 Å². The Morgan fingerprint density at radius 3 is 1.73 bits per heavy atom. The summed E-state index contributed by atoms with van der Waals surface area (Å²) in [6.45, 7) is 0. The van der Waals surface area contributed by atoms with E-state index in [9.17, 15) is 0 Å². The van der Waals surface area contributed by atoms with Crippen LogP contribution in [0.15, 0.2) is 217 Å². The Morgan fingerprint density at radius 1 is 0.286 bits per heavy atom. The molecule has 11 aromatic rings. The van der Waals surface area contributed by atoms with Gasteiger partial charge in [0.25, 0.3) is 0 Å². The quantitative estimate of drug-likeness (QED) is 0.160. The lowest BCUT2D eigenvalue weighted by Crippen LogP contribution is -2.11. The second-order valence-corrected chi connectivity index (χ2v) is 14.5. The van der Waals surface area contributed by atoms with E-state index < -0.39 is 0 Å². The van der Waals surface area contributed by atoms with Crippen LogP contribution in [-0.2, 0) is 0 Å². The normalized spacial score (nSPS) is 11.6. The van der Waals surface area contributed by atoms with Crippen molar-refractivity contribution in [3.8, 4) is 33.4 Å². The molecular weight excluding hydrogens is 679 g/mol. The number of anilines is 3. The molecule has 0 N–H and O–H groups in total. The Morgan fingerprint density at radius 2 is 0.857 bits per heavy atom. The fourth-order valence-corrected chi connectivity index (χ4v) is 8.52. The Hall–Kier alpha value is -7.42. The molecule has 56 heavy (non-hydrogen) atoms. The molecule has 0 amide bonds. The number of fused-ring (bicyclic) bond motifs is 7. The maximum Gasteiger partial charge on any atom is 0.136 e. The van der Waals surface area contributed by atoms with Gasteiger partial charge in [-0.2, -0.15) is 0 Å². The summed E-state index contributed by atoms with van der Waals surface area (Å²) in [4.78, 5) is 2.40. The molecule has 0 unspecified atom stereocenters. The second kappa shape index (κ2) is 13.2. The zero-order valence-corrected chi connectivity index (χ0v) is 30.6. The summed E-state index contributed by atoms with van der Waals surface area (Å²) in [5, 5.41) is 9.74. The van der Waals surface area contributed by atoms with Gasteiger partial charge in [0.2, 0.25) is 0 Å². The summed E-state index contributed by atoms with van der Waals surface area (Å²) in [5.41, 5.74) is 12.1. The summed E-state index contributed by atoms with van der Waals surface area (Å²) in [7, 11) is 0. The minimum atomic E-state index is 0.901. The van der Waals surface area contributed by atoms with Gasteiger partial charge in [0.15, 0.2) is 0 Å². The predicted octanol–water partition coefficient (Wildman–Crippen LogP) is 15.5. The van der Waals surface area contributed by atoms with Crippen LogP contribution < -0.4 is 4.90 Å². The third-order valence-electron chi connectivity index (χ3n) is 11.2. The Labute approximate surface area is 325 Å². The lowest BCUT2D eigenvalue weighted by molar-refractivity contribution is 0.669. The molecule has 1 aromatic heterocycles. The molecule has 11 rings (SSSR count). The highest BCUT2D eigenvalue weighted by Gasteiger charge is 2.19. The third kappa shape index (κ3) is 5.42. The molecule has 0 atom stereocenters. The summed E-state index contributed by atoms with van der Waals surface area (Å²) in [5.74, 6) is 0. The Balaban J connectivity index is 1.06. The number of rotatable bonds is 6. The van der Waals surface area contributed by atoms with Crippen molar-refractivity contribution in [2.24, 2.45) is 0 Å². The highest BCUT2D eigenvalue weighted by atomic mass is 16.3. The van der Waals surface area contributed by atoms with E-state index in [2.05, 4.69) is 205 Å². The number of benzene rings is 10. The lowest BCUT2D eigenvalue weighted by Gasteiger charge is -2.28. The van der Waals surface area contributed by atoms with E-state index >= 15 is 0 Å². The van der Waals surface area contributed by atoms with Crippen LogP contribution in [0.2, 0.25) is 0 Å². The van der Waals surface area contributed by atoms with Gasteiger partial charge in [0, 0.05) is 27.7 Å². The molecule has 0 bridgehead atoms. The van der Waals surface area contributed by atoms with E-state index in [4.69, 9.17) is 4.42 Å². The van der Waals surface area contributed by atoms with Crippen LogP contribution in [0.5, 0.6) is 0 Å². The van der Waals surface area contributed by atoms with Crippen molar-refractivity contribution >= 4 is 71.3 Å². The van der Waals surface area contributed by atoms with Gasteiger partial charge in [-0.25, -0.2) is 0 Å². The predicted molar refractivity (Wildman–Crippen MR) is 237 cm³/mol. The van der Waals surface area contributed by atoms with E-state index in [0.29, 0.717) is 0 Å². The lowest BCUT2D eigenvalue weighted by atomic mass is 9.94. The molecule has 2 heteroatoms. The van der Waals surface area contributed by atoms with Crippen molar-refractivity contribution in [2.45, 2.75) is 0 Å². The summed E-state index contributed by atoms with van der Waals surface area (Å²) >= 11 is 0. The van der Waals surface area contributed by atoms with Crippen molar-refractivity contribution < 1.29 is 4.42 Å². The summed E-state index contributed by atoms with van der Waals surface area (Å²) < 4.78 is 6.26. The first kappa shape index (κ1) is 32.0. The van der Waals surface area contributed by atoms with Gasteiger partial charge in [-0.3, -0.25) is 0 Å². The molecular formula is C54H35NO. The van der Waals surface area contributed by atoms with Gasteiger partial charge < -0.3 is 9.32 Å². The first-order chi connectivity index (χ1) is 27.7. The molecule has 0 radical (unpaired) electrons. The molecule has 0 aliphatic rings. The fraction of sp³-hybridized carbons (Fsp3) is 0. The minimum absolute atomic E-state index is 0.901. The van der Waals surface area contributed by atoms with E-state index in [1.54, 1.807) is 0 Å². The van der Waals surface area contributed by atoms with Crippen LogP contribution in [-0.4, -0.2) is 0 Å². The summed E-state index contributed by atoms with van der Waals surface area (Å²) in [6, 6.07) is 76.6. The van der Waals surface area contributed by atoms with Crippen molar-refractivity contribution in [1.29, 1.82) is 0 Å². The zero-order valence-electron chi connectivity index (χ0n) is 30.6. The maximum absolute atomic E-state index is 6.26. The molecule has 0 fully saturated rings. The largest absolute Gasteiger partial charge is 0.456 e. The van der Waals surface area contributed by atoms with E-state index in [1.165, 1.54) is 49.0 Å². The van der Waals surface area contributed by atoms with Crippen molar-refractivity contribution in [2.75, 3.05) is 4.90 Å². The molecule has 0 saturated carbocycles. The first-order valence-corrected chi connectivity index (χ1v) is 19.2. The zero-order chi connectivity index (χ0) is 37.0. The highest BCUT2D eigenvalue weighted by Crippen LogP contribution is 2.44. The molecule has 0 aliphatic heterocycles. The number of hydrogen-bond donors (Lipinski definition) is 0. The van der Waals surface area contributed by atoms with E-state index in [0.717, 1.165) is 55.7 Å². The van der Waals surface area contributed by atoms with Gasteiger partial charge in [0.05, 0.1) is 5.69 Å². The number of para-hydroxylation sites is 2. The second-order valence-electron chi connectivity index (χ2n) is 14.5. The van der Waals surface area contributed by atoms with Gasteiger partial charge in [-0.05, 0) is 115 Å². The molecule has 10 aromatic carbocycles. The minimum Gasteiger partial charge on any atom is -0.456 e. The van der Waals surface area contributed by atoms with E-state index in [-0.39, 0.29) is 0 Å². The monoisotopic (exact) mass is 713 g/mol. The maximum atomic E-state index is 6.26. The highest BCUT2D eigenvalue weighted by molar-refractivity contribution is 6.09. The molecule has 2 nitrogen and oxygen atoms in total. The van der Waals surface area contributed by atoms with Crippen LogP contribution in [0.1, 0.15) is 0 Å². The average Bonchev–Trinajstić information content (AvgIpc) is 3.65. The van der Waals surface area contributed by atoms with Crippen LogP contribution in [0.3, 0.4) is 0 Å². The average molecular weight is 714 g/mol. The van der Waals surface area contributed by atoms with Gasteiger partial charge in [0.1, 0.15) is 11.2 Å². The topological polar surface area (TPSA) is 16.4 Å². The Kier molecular flexibility index (Phi) is 7.53. The fourth-order valence-electron chi connectivity index (χ4n) is 8.52. The smallest absolute Gasteiger partial charge is 0.136 e. The third-order valence-corrected chi connectivity index (χ3v) is 11.2. The molecule has 1 heterocycles. The molecule has 0 spiro atoms. The standard InChI is InChI=1S/C54H35NO/c1-3-16-45-37(11-1)13-10-20-47(45)40-14-9-15-41(33-40)49-18-5-7-21-52(49)55(44-30-32-48-42(34-44)24-23-38-12-2-4-17-46(38)48)43-28-25-36(26-29-43)39-27-31-51-50-19-6-8-22-53(50)56-54(51)35-39/h1-35H. The number of hydrogen-bond acceptors (Lipinski definition) is 2. The van der Waals surface area contributed by atoms with Crippen molar-refractivity contribution in [3.63, 3.8) is 0 Å². The van der Waals surface area contributed by atoms with Crippen LogP contribution in [0.25, 0.3) is 87.6 Å².